The first-order chi connectivity index (χ1) is 7.15. The highest BCUT2D eigenvalue weighted by molar-refractivity contribution is 8.14. The van der Waals surface area contributed by atoms with Crippen molar-refractivity contribution < 1.29 is 0 Å². The van der Waals surface area contributed by atoms with E-state index in [2.05, 4.69) is 26.1 Å². The molecule has 0 aromatic carbocycles. The molecular weight excluding hydrogens is 204 g/mol. The lowest BCUT2D eigenvalue weighted by Gasteiger charge is -2.12. The summed E-state index contributed by atoms with van der Waals surface area (Å²) in [6, 6.07) is 1.19. The second-order valence-electron chi connectivity index (χ2n) is 5.30. The van der Waals surface area contributed by atoms with Gasteiger partial charge in [-0.25, -0.2) is 0 Å². The predicted molar refractivity (Wildman–Crippen MR) is 68.5 cm³/mol. The van der Waals surface area contributed by atoms with Gasteiger partial charge in [-0.15, -0.1) is 0 Å². The first kappa shape index (κ1) is 11.3. The van der Waals surface area contributed by atoms with E-state index >= 15 is 0 Å². The van der Waals surface area contributed by atoms with E-state index in [-0.39, 0.29) is 0 Å². The molecule has 0 spiro atoms. The third kappa shape index (κ3) is 3.40. The summed E-state index contributed by atoms with van der Waals surface area (Å²) >= 11 is 1.90. The lowest BCUT2D eigenvalue weighted by molar-refractivity contribution is 0.526. The van der Waals surface area contributed by atoms with E-state index in [9.17, 15) is 0 Å². The topological polar surface area (TPSA) is 24.4 Å². The van der Waals surface area contributed by atoms with Gasteiger partial charge in [-0.3, -0.25) is 4.99 Å². The van der Waals surface area contributed by atoms with E-state index in [4.69, 9.17) is 4.99 Å². The van der Waals surface area contributed by atoms with Gasteiger partial charge in [0.05, 0.1) is 6.04 Å². The van der Waals surface area contributed by atoms with Gasteiger partial charge in [0.15, 0.2) is 5.17 Å². The fourth-order valence-electron chi connectivity index (χ4n) is 2.07. The Morgan fingerprint density at radius 3 is 2.73 bits per heavy atom. The van der Waals surface area contributed by atoms with Crippen LogP contribution in [-0.2, 0) is 0 Å². The molecule has 0 radical (unpaired) electrons. The van der Waals surface area contributed by atoms with Gasteiger partial charge in [-0.1, -0.05) is 25.6 Å². The third-order valence-electron chi connectivity index (χ3n) is 3.14. The number of aliphatic imine (C=N–C) groups is 1. The molecule has 2 rings (SSSR count). The van der Waals surface area contributed by atoms with Crippen molar-refractivity contribution in [2.24, 2.45) is 16.8 Å². The maximum atomic E-state index is 4.75. The zero-order valence-corrected chi connectivity index (χ0v) is 10.8. The van der Waals surface area contributed by atoms with Crippen molar-refractivity contribution in [3.63, 3.8) is 0 Å². The zero-order valence-electron chi connectivity index (χ0n) is 9.99. The van der Waals surface area contributed by atoms with E-state index in [1.807, 2.05) is 11.8 Å². The first-order valence-electron chi connectivity index (χ1n) is 6.12. The van der Waals surface area contributed by atoms with Crippen LogP contribution in [0.25, 0.3) is 0 Å². The summed E-state index contributed by atoms with van der Waals surface area (Å²) in [7, 11) is 0. The minimum Gasteiger partial charge on any atom is -0.362 e. The maximum absolute atomic E-state index is 4.75. The van der Waals surface area contributed by atoms with Crippen molar-refractivity contribution in [2.45, 2.75) is 52.1 Å². The fourth-order valence-corrected chi connectivity index (χ4v) is 3.12. The Bertz CT molecular complexity index is 246. The lowest BCUT2D eigenvalue weighted by Crippen LogP contribution is -2.31. The van der Waals surface area contributed by atoms with Gasteiger partial charge in [0, 0.05) is 11.8 Å². The third-order valence-corrected chi connectivity index (χ3v) is 4.18. The van der Waals surface area contributed by atoms with Crippen molar-refractivity contribution in [1.82, 2.24) is 5.32 Å². The summed E-state index contributed by atoms with van der Waals surface area (Å²) in [5.41, 5.74) is 0. The Morgan fingerprint density at radius 1 is 1.40 bits per heavy atom. The molecule has 0 aromatic rings. The zero-order chi connectivity index (χ0) is 10.8. The molecule has 1 N–H and O–H groups in total. The highest BCUT2D eigenvalue weighted by Gasteiger charge is 2.29. The quantitative estimate of drug-likeness (QED) is 0.797. The van der Waals surface area contributed by atoms with Crippen LogP contribution in [0.2, 0.25) is 0 Å². The molecule has 2 nitrogen and oxygen atoms in total. The Morgan fingerprint density at radius 2 is 2.13 bits per heavy atom. The van der Waals surface area contributed by atoms with E-state index < -0.39 is 0 Å². The Kier molecular flexibility index (Phi) is 3.60. The molecule has 1 aliphatic heterocycles. The van der Waals surface area contributed by atoms with Gasteiger partial charge in [-0.2, -0.15) is 0 Å². The van der Waals surface area contributed by atoms with Crippen LogP contribution in [0.3, 0.4) is 0 Å². The Labute approximate surface area is 97.3 Å². The normalized spacial score (nSPS) is 28.0. The van der Waals surface area contributed by atoms with Crippen molar-refractivity contribution in [1.29, 1.82) is 0 Å². The van der Waals surface area contributed by atoms with Crippen LogP contribution in [0.5, 0.6) is 0 Å². The molecule has 0 aromatic heterocycles. The summed E-state index contributed by atoms with van der Waals surface area (Å²) < 4.78 is 0. The van der Waals surface area contributed by atoms with Crippen LogP contribution in [0.1, 0.15) is 40.0 Å². The molecule has 1 aliphatic carbocycles. The van der Waals surface area contributed by atoms with Crippen molar-refractivity contribution in [3.8, 4) is 0 Å². The van der Waals surface area contributed by atoms with Crippen LogP contribution in [-0.4, -0.2) is 23.0 Å². The largest absolute Gasteiger partial charge is 0.362 e. The molecule has 1 heterocycles. The number of rotatable bonds is 4. The number of nitrogens with zero attached hydrogens (tertiary/aromatic N) is 1. The minimum absolute atomic E-state index is 0.559. The lowest BCUT2D eigenvalue weighted by atomic mass is 10.1. The smallest absolute Gasteiger partial charge is 0.157 e. The van der Waals surface area contributed by atoms with Crippen LogP contribution in [0, 0.1) is 11.8 Å². The van der Waals surface area contributed by atoms with E-state index in [1.54, 1.807) is 0 Å². The van der Waals surface area contributed by atoms with Gasteiger partial charge in [-0.05, 0) is 38.0 Å². The van der Waals surface area contributed by atoms with E-state index in [0.717, 1.165) is 11.8 Å². The SMILES string of the molecule is CC(C)CC1CSC(NC(C)C2CC2)=N1. The second kappa shape index (κ2) is 4.77. The van der Waals surface area contributed by atoms with E-state index in [0.29, 0.717) is 12.1 Å². The molecule has 1 saturated carbocycles. The number of nitrogens with one attached hydrogen (secondary N) is 1. The van der Waals surface area contributed by atoms with Crippen LogP contribution < -0.4 is 5.32 Å². The number of amidine groups is 1. The molecule has 15 heavy (non-hydrogen) atoms. The first-order valence-corrected chi connectivity index (χ1v) is 7.11. The van der Waals surface area contributed by atoms with Crippen molar-refractivity contribution in [2.75, 3.05) is 5.75 Å². The molecule has 2 unspecified atom stereocenters. The van der Waals surface area contributed by atoms with E-state index in [1.165, 1.54) is 30.2 Å². The van der Waals surface area contributed by atoms with Crippen LogP contribution >= 0.6 is 11.8 Å². The molecule has 86 valence electrons. The van der Waals surface area contributed by atoms with Gasteiger partial charge < -0.3 is 5.32 Å². The number of hydrogen-bond acceptors (Lipinski definition) is 3. The molecule has 0 saturated heterocycles. The monoisotopic (exact) mass is 226 g/mol. The summed E-state index contributed by atoms with van der Waals surface area (Å²) in [6.07, 6.45) is 4.04. The standard InChI is InChI=1S/C12H22N2S/c1-8(2)6-11-7-15-12(14-11)13-9(3)10-4-5-10/h8-11H,4-7H2,1-3H3,(H,13,14). The molecule has 3 heteroatoms. The summed E-state index contributed by atoms with van der Waals surface area (Å²) in [6.45, 7) is 6.84. The fraction of sp³-hybridized carbons (Fsp3) is 0.917. The average Bonchev–Trinajstić information content (AvgIpc) is 2.90. The molecule has 1 fully saturated rings. The van der Waals surface area contributed by atoms with Gasteiger partial charge in [0.1, 0.15) is 0 Å². The maximum Gasteiger partial charge on any atom is 0.157 e. The van der Waals surface area contributed by atoms with Crippen molar-refractivity contribution >= 4 is 16.9 Å². The average molecular weight is 226 g/mol. The highest BCUT2D eigenvalue weighted by Crippen LogP contribution is 2.33. The van der Waals surface area contributed by atoms with Crippen LogP contribution in [0.4, 0.5) is 0 Å². The van der Waals surface area contributed by atoms with Crippen molar-refractivity contribution in [3.05, 3.63) is 0 Å². The number of hydrogen-bond donors (Lipinski definition) is 1. The Hall–Kier alpha value is -0.180. The molecule has 0 bridgehead atoms. The molecule has 2 aliphatic rings. The van der Waals surface area contributed by atoms with Gasteiger partial charge >= 0.3 is 0 Å². The molecular formula is C12H22N2S. The molecule has 0 amide bonds. The predicted octanol–water partition coefficient (Wildman–Crippen LogP) is 2.89. The second-order valence-corrected chi connectivity index (χ2v) is 6.31. The van der Waals surface area contributed by atoms with Gasteiger partial charge in [0.2, 0.25) is 0 Å². The Balaban J connectivity index is 1.77. The minimum atomic E-state index is 0.559. The summed E-state index contributed by atoms with van der Waals surface area (Å²) in [4.78, 5) is 4.75. The van der Waals surface area contributed by atoms with Gasteiger partial charge in [0.25, 0.3) is 0 Å². The summed E-state index contributed by atoms with van der Waals surface area (Å²) in [5, 5.41) is 4.75. The highest BCUT2D eigenvalue weighted by atomic mass is 32.2. The summed E-state index contributed by atoms with van der Waals surface area (Å²) in [5.74, 6) is 2.86. The van der Waals surface area contributed by atoms with Crippen LogP contribution in [0.15, 0.2) is 4.99 Å². The molecule has 2 atom stereocenters. The number of thioether (sulfide) groups is 1.